The van der Waals surface area contributed by atoms with Crippen LogP contribution in [0.2, 0.25) is 0 Å². The molecule has 2 aliphatic rings. The molecule has 0 N–H and O–H groups in total. The molecule has 2 amide bonds. The van der Waals surface area contributed by atoms with Gasteiger partial charge in [-0.05, 0) is 42.0 Å². The third kappa shape index (κ3) is 3.18. The van der Waals surface area contributed by atoms with Crippen molar-refractivity contribution in [2.75, 3.05) is 24.2 Å². The molecule has 3 aromatic carbocycles. The van der Waals surface area contributed by atoms with Crippen molar-refractivity contribution in [3.63, 3.8) is 0 Å². The fraction of sp³-hybridized carbons (Fsp3) is 0.200. The first kappa shape index (κ1) is 20.1. The highest BCUT2D eigenvalue weighted by Gasteiger charge is 2.60. The number of carbonyl (C=O) groups is 2. The average molecular weight is 430 g/mol. The minimum Gasteiger partial charge on any atom is -0.497 e. The molecule has 2 aliphatic heterocycles. The molecule has 3 atom stereocenters. The number of nitrogens with zero attached hydrogens (tertiary/aromatic N) is 2. The lowest BCUT2D eigenvalue weighted by atomic mass is 9.90. The number of carbonyl (C=O) groups excluding carboxylic acids is 2. The number of imide groups is 1. The van der Waals surface area contributed by atoms with E-state index >= 15 is 0 Å². The Morgan fingerprint density at radius 1 is 0.750 bits per heavy atom. The lowest BCUT2D eigenvalue weighted by Gasteiger charge is -2.29. The first-order chi connectivity index (χ1) is 15.6. The van der Waals surface area contributed by atoms with Crippen LogP contribution in [0.15, 0.2) is 78.9 Å². The van der Waals surface area contributed by atoms with Crippen LogP contribution >= 0.6 is 0 Å². The fourth-order valence-electron chi connectivity index (χ4n) is 4.38. The largest absolute Gasteiger partial charge is 0.497 e. The quantitative estimate of drug-likeness (QED) is 0.575. The molecule has 0 spiro atoms. The molecule has 0 radical (unpaired) electrons. The topological polar surface area (TPSA) is 68.3 Å². The summed E-state index contributed by atoms with van der Waals surface area (Å²) in [6, 6.07) is 23.4. The highest BCUT2D eigenvalue weighted by atomic mass is 16.7. The zero-order valence-electron chi connectivity index (χ0n) is 17.7. The summed E-state index contributed by atoms with van der Waals surface area (Å²) in [5, 5.41) is 1.67. The summed E-state index contributed by atoms with van der Waals surface area (Å²) in [6.45, 7) is 0. The van der Waals surface area contributed by atoms with Gasteiger partial charge in [0.25, 0.3) is 5.91 Å². The third-order valence-corrected chi connectivity index (χ3v) is 5.87. The molecule has 2 heterocycles. The molecule has 0 bridgehead atoms. The fourth-order valence-corrected chi connectivity index (χ4v) is 4.38. The maximum Gasteiger partial charge on any atom is 0.266 e. The van der Waals surface area contributed by atoms with Crippen LogP contribution in [-0.4, -0.2) is 32.1 Å². The number of benzene rings is 3. The first-order valence-corrected chi connectivity index (χ1v) is 10.3. The normalized spacial score (nSPS) is 22.2. The van der Waals surface area contributed by atoms with Gasteiger partial charge in [0.2, 0.25) is 5.91 Å². The Morgan fingerprint density at radius 3 is 2.12 bits per heavy atom. The maximum absolute atomic E-state index is 13.6. The van der Waals surface area contributed by atoms with E-state index < -0.39 is 18.1 Å². The molecular weight excluding hydrogens is 408 g/mol. The molecule has 32 heavy (non-hydrogen) atoms. The maximum atomic E-state index is 13.6. The van der Waals surface area contributed by atoms with E-state index in [4.69, 9.17) is 14.3 Å². The third-order valence-electron chi connectivity index (χ3n) is 5.87. The number of methoxy groups -OCH3 is 2. The van der Waals surface area contributed by atoms with Gasteiger partial charge in [0.1, 0.15) is 17.4 Å². The minimum absolute atomic E-state index is 0.306. The van der Waals surface area contributed by atoms with Crippen LogP contribution in [0, 0.1) is 5.92 Å². The molecule has 0 unspecified atom stereocenters. The standard InChI is InChI=1S/C25H22N2O5/c1-30-19-12-6-8-16(14-19)22-21-23(32-27(22)17-9-4-3-5-10-17)25(29)26(24(21)28)18-11-7-13-20(15-18)31-2/h3-15,21-23H,1-2H3/t21-,22+,23-/m0/s1. The lowest BCUT2D eigenvalue weighted by Crippen LogP contribution is -2.37. The number of amides is 2. The summed E-state index contributed by atoms with van der Waals surface area (Å²) in [5.41, 5.74) is 2.06. The van der Waals surface area contributed by atoms with E-state index in [9.17, 15) is 9.59 Å². The van der Waals surface area contributed by atoms with Crippen LogP contribution in [0.3, 0.4) is 0 Å². The van der Waals surface area contributed by atoms with Gasteiger partial charge in [-0.25, -0.2) is 9.96 Å². The van der Waals surface area contributed by atoms with Gasteiger partial charge >= 0.3 is 0 Å². The molecule has 3 aromatic rings. The summed E-state index contributed by atoms with van der Waals surface area (Å²) in [5.74, 6) is -0.170. The van der Waals surface area contributed by atoms with Gasteiger partial charge in [-0.15, -0.1) is 0 Å². The van der Waals surface area contributed by atoms with Crippen LogP contribution in [0.5, 0.6) is 11.5 Å². The number of hydroxylamine groups is 1. The Labute approximate surface area is 185 Å². The summed E-state index contributed by atoms with van der Waals surface area (Å²) in [7, 11) is 3.14. The Morgan fingerprint density at radius 2 is 1.41 bits per heavy atom. The molecular formula is C25H22N2O5. The van der Waals surface area contributed by atoms with Crippen molar-refractivity contribution < 1.29 is 23.9 Å². The predicted octanol–water partition coefficient (Wildman–Crippen LogP) is 3.75. The van der Waals surface area contributed by atoms with Gasteiger partial charge in [-0.3, -0.25) is 14.4 Å². The van der Waals surface area contributed by atoms with Gasteiger partial charge < -0.3 is 9.47 Å². The van der Waals surface area contributed by atoms with Gasteiger partial charge in [-0.1, -0.05) is 36.4 Å². The zero-order valence-corrected chi connectivity index (χ0v) is 17.7. The van der Waals surface area contributed by atoms with Crippen LogP contribution in [0.1, 0.15) is 11.6 Å². The molecule has 7 nitrogen and oxygen atoms in total. The van der Waals surface area contributed by atoms with E-state index in [1.54, 1.807) is 43.5 Å². The molecule has 0 aliphatic carbocycles. The molecule has 2 saturated heterocycles. The van der Waals surface area contributed by atoms with Crippen molar-refractivity contribution in [1.29, 1.82) is 0 Å². The number of para-hydroxylation sites is 1. The van der Waals surface area contributed by atoms with Crippen molar-refractivity contribution in [2.45, 2.75) is 12.1 Å². The number of anilines is 2. The van der Waals surface area contributed by atoms with Crippen LogP contribution < -0.4 is 19.4 Å². The molecule has 0 aromatic heterocycles. The van der Waals surface area contributed by atoms with E-state index in [1.165, 1.54) is 4.90 Å². The Kier molecular flexibility index (Phi) is 5.03. The number of fused-ring (bicyclic) bond motifs is 1. The van der Waals surface area contributed by atoms with Crippen LogP contribution in [0.4, 0.5) is 11.4 Å². The van der Waals surface area contributed by atoms with Gasteiger partial charge in [0.05, 0.1) is 31.6 Å². The van der Waals surface area contributed by atoms with E-state index in [1.807, 2.05) is 54.6 Å². The number of hydrogen-bond acceptors (Lipinski definition) is 6. The van der Waals surface area contributed by atoms with Crippen molar-refractivity contribution >= 4 is 23.2 Å². The number of hydrogen-bond donors (Lipinski definition) is 0. The SMILES string of the molecule is COc1cccc([C@@H]2[C@@H]3C(=O)N(c4cccc(OC)c4)C(=O)[C@H]3ON2c2ccccc2)c1. The predicted molar refractivity (Wildman–Crippen MR) is 119 cm³/mol. The van der Waals surface area contributed by atoms with Gasteiger partial charge in [-0.2, -0.15) is 0 Å². The van der Waals surface area contributed by atoms with Crippen molar-refractivity contribution in [3.05, 3.63) is 84.4 Å². The summed E-state index contributed by atoms with van der Waals surface area (Å²) < 4.78 is 10.7. The molecule has 7 heteroatoms. The number of rotatable bonds is 5. The molecule has 5 rings (SSSR count). The Balaban J connectivity index is 1.59. The minimum atomic E-state index is -0.926. The van der Waals surface area contributed by atoms with Crippen molar-refractivity contribution in [1.82, 2.24) is 0 Å². The second-order valence-corrected chi connectivity index (χ2v) is 7.65. The van der Waals surface area contributed by atoms with Crippen molar-refractivity contribution in [2.24, 2.45) is 5.92 Å². The number of ether oxygens (including phenoxy) is 2. The molecule has 2 fully saturated rings. The zero-order chi connectivity index (χ0) is 22.2. The smallest absolute Gasteiger partial charge is 0.266 e. The Hall–Kier alpha value is -3.84. The summed E-state index contributed by atoms with van der Waals surface area (Å²) in [6.07, 6.45) is -0.926. The van der Waals surface area contributed by atoms with Gasteiger partial charge in [0.15, 0.2) is 6.10 Å². The van der Waals surface area contributed by atoms with E-state index in [0.717, 1.165) is 11.3 Å². The highest BCUT2D eigenvalue weighted by Crippen LogP contribution is 2.48. The lowest BCUT2D eigenvalue weighted by molar-refractivity contribution is -0.126. The molecule has 162 valence electrons. The van der Waals surface area contributed by atoms with E-state index in [0.29, 0.717) is 17.2 Å². The second-order valence-electron chi connectivity index (χ2n) is 7.65. The van der Waals surface area contributed by atoms with Gasteiger partial charge in [0, 0.05) is 6.07 Å². The summed E-state index contributed by atoms with van der Waals surface area (Å²) in [4.78, 5) is 34.4. The monoisotopic (exact) mass is 430 g/mol. The van der Waals surface area contributed by atoms with E-state index in [-0.39, 0.29) is 11.8 Å². The van der Waals surface area contributed by atoms with E-state index in [2.05, 4.69) is 0 Å². The second kappa shape index (κ2) is 8.01. The van der Waals surface area contributed by atoms with Crippen LogP contribution in [0.25, 0.3) is 0 Å². The van der Waals surface area contributed by atoms with Crippen molar-refractivity contribution in [3.8, 4) is 11.5 Å². The highest BCUT2D eigenvalue weighted by molar-refractivity contribution is 6.24. The molecule has 0 saturated carbocycles. The Bertz CT molecular complexity index is 1170. The average Bonchev–Trinajstić information content (AvgIpc) is 3.35. The first-order valence-electron chi connectivity index (χ1n) is 10.3. The van der Waals surface area contributed by atoms with Crippen LogP contribution in [-0.2, 0) is 14.4 Å². The summed E-state index contributed by atoms with van der Waals surface area (Å²) >= 11 is 0.